The molecule has 0 amide bonds. The van der Waals surface area contributed by atoms with Gasteiger partial charge in [0.05, 0.1) is 23.1 Å². The molecule has 2 aromatic heterocycles. The highest BCUT2D eigenvalue weighted by Crippen LogP contribution is 2.23. The van der Waals surface area contributed by atoms with Crippen molar-refractivity contribution in [3.63, 3.8) is 0 Å². The van der Waals surface area contributed by atoms with Gasteiger partial charge in [0.2, 0.25) is 5.16 Å². The maximum atomic E-state index is 13.3. The molecule has 0 bridgehead atoms. The third kappa shape index (κ3) is 5.05. The summed E-state index contributed by atoms with van der Waals surface area (Å²) in [6.45, 7) is 0.648. The van der Waals surface area contributed by atoms with E-state index in [4.69, 9.17) is 4.98 Å². The number of aromatic nitrogens is 6. The second-order valence-corrected chi connectivity index (χ2v) is 9.67. The van der Waals surface area contributed by atoms with Gasteiger partial charge in [-0.2, -0.15) is 0 Å². The summed E-state index contributed by atoms with van der Waals surface area (Å²) in [5.74, 6) is 1.69. The Morgan fingerprint density at radius 2 is 1.44 bits per heavy atom. The molecule has 0 spiro atoms. The van der Waals surface area contributed by atoms with Crippen LogP contribution in [0.1, 0.15) is 12.0 Å². The van der Waals surface area contributed by atoms with Gasteiger partial charge in [0.1, 0.15) is 0 Å². The van der Waals surface area contributed by atoms with Gasteiger partial charge in [-0.15, -0.1) is 5.10 Å². The average molecular weight is 487 g/mol. The fourth-order valence-electron chi connectivity index (χ4n) is 3.56. The largest absolute Gasteiger partial charge is 0.268 e. The van der Waals surface area contributed by atoms with Crippen LogP contribution < -0.4 is 5.56 Å². The quantitative estimate of drug-likeness (QED) is 0.170. The van der Waals surface area contributed by atoms with Crippen molar-refractivity contribution in [2.75, 3.05) is 11.5 Å². The summed E-state index contributed by atoms with van der Waals surface area (Å²) in [5.41, 5.74) is 2.65. The summed E-state index contributed by atoms with van der Waals surface area (Å²) in [6, 6.07) is 27.3. The first kappa shape index (κ1) is 22.4. The topological polar surface area (TPSA) is 78.5 Å². The molecule has 170 valence electrons. The lowest BCUT2D eigenvalue weighted by Gasteiger charge is -2.13. The van der Waals surface area contributed by atoms with Crippen LogP contribution in [0.5, 0.6) is 0 Å². The average Bonchev–Trinajstić information content (AvgIpc) is 3.32. The normalized spacial score (nSPS) is 11.2. The minimum atomic E-state index is -0.0474. The van der Waals surface area contributed by atoms with E-state index < -0.39 is 0 Å². The zero-order chi connectivity index (χ0) is 23.2. The highest BCUT2D eigenvalue weighted by atomic mass is 32.2. The maximum absolute atomic E-state index is 13.3. The summed E-state index contributed by atoms with van der Waals surface area (Å²) in [7, 11) is 0. The first-order chi connectivity index (χ1) is 16.8. The van der Waals surface area contributed by atoms with Crippen molar-refractivity contribution >= 4 is 34.4 Å². The van der Waals surface area contributed by atoms with Gasteiger partial charge < -0.3 is 0 Å². The Labute approximate surface area is 205 Å². The van der Waals surface area contributed by atoms with E-state index in [1.54, 1.807) is 28.1 Å². The van der Waals surface area contributed by atoms with Crippen LogP contribution in [0.25, 0.3) is 16.6 Å². The molecule has 5 aromatic rings. The van der Waals surface area contributed by atoms with Crippen LogP contribution in [0.3, 0.4) is 0 Å². The molecular formula is C25H22N6OS2. The lowest BCUT2D eigenvalue weighted by molar-refractivity contribution is 0.603. The molecule has 0 unspecified atom stereocenters. The second-order valence-electron chi connectivity index (χ2n) is 7.54. The van der Waals surface area contributed by atoms with Gasteiger partial charge in [0, 0.05) is 11.5 Å². The van der Waals surface area contributed by atoms with E-state index in [1.165, 1.54) is 0 Å². The first-order valence-electron chi connectivity index (χ1n) is 10.9. The summed E-state index contributed by atoms with van der Waals surface area (Å²) in [5, 5.41) is 14.3. The number of nitrogens with zero attached hydrogens (tertiary/aromatic N) is 6. The molecule has 0 saturated heterocycles. The molecule has 2 heterocycles. The fraction of sp³-hybridized carbons (Fsp3) is 0.160. The summed E-state index contributed by atoms with van der Waals surface area (Å²) in [6.07, 6.45) is 0.922. The van der Waals surface area contributed by atoms with Gasteiger partial charge in [-0.25, -0.2) is 9.67 Å². The molecule has 9 heteroatoms. The maximum Gasteiger partial charge on any atom is 0.266 e. The molecule has 0 atom stereocenters. The van der Waals surface area contributed by atoms with Crippen LogP contribution in [0.2, 0.25) is 0 Å². The zero-order valence-corrected chi connectivity index (χ0v) is 20.0. The van der Waals surface area contributed by atoms with Crippen LogP contribution >= 0.6 is 23.5 Å². The van der Waals surface area contributed by atoms with Crippen molar-refractivity contribution in [2.45, 2.75) is 23.3 Å². The summed E-state index contributed by atoms with van der Waals surface area (Å²) in [4.78, 5) is 18.1. The standard InChI is InChI=1S/C25H22N6OS2/c32-23-21-14-7-8-15-22(21)26-24(31(23)20-12-5-2-6-13-20)33-16-9-17-34-25-27-28-29-30(25)18-19-10-3-1-4-11-19/h1-8,10-15H,9,16-18H2. The molecule has 0 fully saturated rings. The fourth-order valence-corrected chi connectivity index (χ4v) is 5.51. The third-order valence-electron chi connectivity index (χ3n) is 5.18. The van der Waals surface area contributed by atoms with Crippen molar-refractivity contribution in [3.8, 4) is 5.69 Å². The zero-order valence-electron chi connectivity index (χ0n) is 18.3. The van der Waals surface area contributed by atoms with Crippen LogP contribution in [-0.2, 0) is 6.54 Å². The van der Waals surface area contributed by atoms with Gasteiger partial charge in [-0.3, -0.25) is 9.36 Å². The molecule has 0 aliphatic carbocycles. The predicted molar refractivity (Wildman–Crippen MR) is 137 cm³/mol. The van der Waals surface area contributed by atoms with Crippen LogP contribution in [0, 0.1) is 0 Å². The summed E-state index contributed by atoms with van der Waals surface area (Å²) < 4.78 is 3.53. The number of tetrazole rings is 1. The molecule has 0 radical (unpaired) electrons. The molecule has 0 N–H and O–H groups in total. The number of hydrogen-bond acceptors (Lipinski definition) is 7. The van der Waals surface area contributed by atoms with Crippen LogP contribution in [0.4, 0.5) is 0 Å². The van der Waals surface area contributed by atoms with Gasteiger partial charge in [-0.05, 0) is 46.7 Å². The highest BCUT2D eigenvalue weighted by molar-refractivity contribution is 8.00. The number of fused-ring (bicyclic) bond motifs is 1. The molecule has 0 aliphatic heterocycles. The third-order valence-corrected chi connectivity index (χ3v) is 7.25. The lowest BCUT2D eigenvalue weighted by Crippen LogP contribution is -2.21. The Bertz CT molecular complexity index is 1440. The van der Waals surface area contributed by atoms with Crippen molar-refractivity contribution in [1.29, 1.82) is 0 Å². The van der Waals surface area contributed by atoms with E-state index in [1.807, 2.05) is 77.5 Å². The van der Waals surface area contributed by atoms with Gasteiger partial charge in [0.25, 0.3) is 5.56 Å². The number of benzene rings is 3. The Balaban J connectivity index is 1.26. The minimum absolute atomic E-state index is 0.0474. The number of rotatable bonds is 9. The van der Waals surface area contributed by atoms with Crippen molar-refractivity contribution in [3.05, 3.63) is 101 Å². The molecular weight excluding hydrogens is 464 g/mol. The van der Waals surface area contributed by atoms with E-state index in [-0.39, 0.29) is 5.56 Å². The lowest BCUT2D eigenvalue weighted by atomic mass is 10.2. The molecule has 0 aliphatic rings. The van der Waals surface area contributed by atoms with E-state index in [9.17, 15) is 4.79 Å². The second kappa shape index (κ2) is 10.7. The number of para-hydroxylation sites is 2. The molecule has 34 heavy (non-hydrogen) atoms. The SMILES string of the molecule is O=c1c2ccccc2nc(SCCCSc2nnnn2Cc2ccccc2)n1-c1ccccc1. The molecule has 3 aromatic carbocycles. The van der Waals surface area contributed by atoms with Crippen molar-refractivity contribution in [1.82, 2.24) is 29.8 Å². The van der Waals surface area contributed by atoms with Crippen molar-refractivity contribution < 1.29 is 0 Å². The number of hydrogen-bond donors (Lipinski definition) is 0. The molecule has 7 nitrogen and oxygen atoms in total. The Morgan fingerprint density at radius 1 is 0.765 bits per heavy atom. The van der Waals surface area contributed by atoms with Crippen molar-refractivity contribution in [2.24, 2.45) is 0 Å². The molecule has 5 rings (SSSR count). The van der Waals surface area contributed by atoms with Gasteiger partial charge >= 0.3 is 0 Å². The smallest absolute Gasteiger partial charge is 0.266 e. The summed E-state index contributed by atoms with van der Waals surface area (Å²) >= 11 is 3.23. The number of thioether (sulfide) groups is 2. The Kier molecular flexibility index (Phi) is 7.02. The minimum Gasteiger partial charge on any atom is -0.268 e. The Hall–Kier alpha value is -3.43. The van der Waals surface area contributed by atoms with E-state index in [2.05, 4.69) is 27.7 Å². The van der Waals surface area contributed by atoms with Gasteiger partial charge in [0.15, 0.2) is 5.16 Å². The monoisotopic (exact) mass is 486 g/mol. The van der Waals surface area contributed by atoms with E-state index >= 15 is 0 Å². The van der Waals surface area contributed by atoms with Gasteiger partial charge in [-0.1, -0.05) is 84.2 Å². The van der Waals surface area contributed by atoms with E-state index in [0.29, 0.717) is 17.1 Å². The van der Waals surface area contributed by atoms with E-state index in [0.717, 1.165) is 39.9 Å². The highest BCUT2D eigenvalue weighted by Gasteiger charge is 2.13. The predicted octanol–water partition coefficient (Wildman–Crippen LogP) is 4.70. The first-order valence-corrected chi connectivity index (χ1v) is 12.9. The van der Waals surface area contributed by atoms with Crippen LogP contribution in [0.15, 0.2) is 100 Å². The Morgan fingerprint density at radius 3 is 2.24 bits per heavy atom. The molecule has 0 saturated carbocycles. The van der Waals surface area contributed by atoms with Crippen LogP contribution in [-0.4, -0.2) is 41.3 Å².